The molecule has 148 valence electrons. The highest BCUT2D eigenvalue weighted by Gasteiger charge is 2.40. The van der Waals surface area contributed by atoms with Gasteiger partial charge in [-0.15, -0.1) is 0 Å². The highest BCUT2D eigenvalue weighted by Crippen LogP contribution is 2.40. The molecule has 0 fully saturated rings. The maximum Gasteiger partial charge on any atom is 0.450 e. The van der Waals surface area contributed by atoms with Crippen LogP contribution in [0.25, 0.3) is 27.8 Å². The molecule has 0 atom stereocenters. The summed E-state index contributed by atoms with van der Waals surface area (Å²) in [6.45, 7) is 0. The van der Waals surface area contributed by atoms with Gasteiger partial charge < -0.3 is 14.6 Å². The number of phenolic OH excluding ortho intramolecular Hbond substituents is 2. The summed E-state index contributed by atoms with van der Waals surface area (Å²) in [4.78, 5) is 12.8. The van der Waals surface area contributed by atoms with Crippen molar-refractivity contribution in [3.63, 3.8) is 0 Å². The van der Waals surface area contributed by atoms with E-state index in [2.05, 4.69) is 5.10 Å². The molecule has 29 heavy (non-hydrogen) atoms. The normalized spacial score (nSPS) is 11.9. The van der Waals surface area contributed by atoms with E-state index in [1.165, 1.54) is 18.2 Å². The molecule has 0 spiro atoms. The lowest BCUT2D eigenvalue weighted by Gasteiger charge is -2.12. The Morgan fingerprint density at radius 2 is 1.86 bits per heavy atom. The lowest BCUT2D eigenvalue weighted by atomic mass is 10.0. The molecule has 2 N–H and O–H groups in total. The van der Waals surface area contributed by atoms with E-state index in [9.17, 15) is 32.6 Å². The smallest absolute Gasteiger partial charge is 0.450 e. The fourth-order valence-electron chi connectivity index (χ4n) is 2.91. The lowest BCUT2D eigenvalue weighted by molar-refractivity contribution is -0.152. The minimum Gasteiger partial charge on any atom is -0.504 e. The molecule has 10 heteroatoms. The van der Waals surface area contributed by atoms with Gasteiger partial charge in [0.25, 0.3) is 0 Å². The Hall–Kier alpha value is -3.82. The van der Waals surface area contributed by atoms with Crippen LogP contribution in [0.5, 0.6) is 11.5 Å². The van der Waals surface area contributed by atoms with Crippen molar-refractivity contribution in [3.8, 4) is 28.3 Å². The summed E-state index contributed by atoms with van der Waals surface area (Å²) in [5, 5.41) is 22.8. The number of phenols is 2. The molecule has 0 saturated heterocycles. The zero-order valence-electron chi connectivity index (χ0n) is 14.2. The number of benzene rings is 2. The number of alkyl halides is 3. The van der Waals surface area contributed by atoms with E-state index in [0.717, 1.165) is 35.3 Å². The Morgan fingerprint density at radius 1 is 1.10 bits per heavy atom. The van der Waals surface area contributed by atoms with E-state index < -0.39 is 45.8 Å². The Balaban J connectivity index is 2.00. The van der Waals surface area contributed by atoms with E-state index in [4.69, 9.17) is 4.42 Å². The largest absolute Gasteiger partial charge is 0.504 e. The molecule has 0 aliphatic heterocycles. The predicted molar refractivity (Wildman–Crippen MR) is 93.3 cm³/mol. The number of aromatic hydroxyl groups is 2. The standard InChI is InChI=1S/C19H10F4N2O4/c20-10-2-1-3-11(6-10)25-8-9(7-24-25)14-15(27)12-4-5-13(26)16(28)17(12)29-18(14)19(21,22)23/h1-8,26,28H. The first-order valence-electron chi connectivity index (χ1n) is 8.06. The van der Waals surface area contributed by atoms with E-state index >= 15 is 0 Å². The number of nitrogens with zero attached hydrogens (tertiary/aromatic N) is 2. The van der Waals surface area contributed by atoms with Crippen molar-refractivity contribution in [2.45, 2.75) is 6.18 Å². The molecule has 2 aromatic heterocycles. The van der Waals surface area contributed by atoms with Crippen molar-refractivity contribution >= 4 is 11.0 Å². The summed E-state index contributed by atoms with van der Waals surface area (Å²) >= 11 is 0. The van der Waals surface area contributed by atoms with Gasteiger partial charge in [-0.25, -0.2) is 9.07 Å². The Labute approximate surface area is 158 Å². The molecule has 0 saturated carbocycles. The minimum absolute atomic E-state index is 0.218. The Morgan fingerprint density at radius 3 is 2.55 bits per heavy atom. The first kappa shape index (κ1) is 18.5. The van der Waals surface area contributed by atoms with Gasteiger partial charge in [0.2, 0.25) is 16.9 Å². The molecular formula is C19H10F4N2O4. The third-order valence-electron chi connectivity index (χ3n) is 4.21. The summed E-state index contributed by atoms with van der Waals surface area (Å²) < 4.78 is 60.1. The molecule has 2 heterocycles. The number of aromatic nitrogens is 2. The first-order valence-corrected chi connectivity index (χ1v) is 8.06. The van der Waals surface area contributed by atoms with Crippen LogP contribution in [0, 0.1) is 5.82 Å². The summed E-state index contributed by atoms with van der Waals surface area (Å²) in [7, 11) is 0. The van der Waals surface area contributed by atoms with Gasteiger partial charge in [0, 0.05) is 11.8 Å². The van der Waals surface area contributed by atoms with Gasteiger partial charge in [0.1, 0.15) is 5.82 Å². The van der Waals surface area contributed by atoms with Gasteiger partial charge in [-0.05, 0) is 30.3 Å². The zero-order valence-corrected chi connectivity index (χ0v) is 14.2. The van der Waals surface area contributed by atoms with Crippen molar-refractivity contribution < 1.29 is 32.2 Å². The summed E-state index contributed by atoms with van der Waals surface area (Å²) in [5.41, 5.74) is -2.67. The second-order valence-electron chi connectivity index (χ2n) is 6.10. The molecule has 4 aromatic rings. The molecule has 4 rings (SSSR count). The number of fused-ring (bicyclic) bond motifs is 1. The van der Waals surface area contributed by atoms with E-state index in [1.54, 1.807) is 0 Å². The van der Waals surface area contributed by atoms with Crippen LogP contribution < -0.4 is 5.43 Å². The minimum atomic E-state index is -5.08. The Bertz CT molecular complexity index is 1310. The Kier molecular flexibility index (Phi) is 4.07. The van der Waals surface area contributed by atoms with Gasteiger partial charge in [-0.2, -0.15) is 18.3 Å². The fourth-order valence-corrected chi connectivity index (χ4v) is 2.91. The van der Waals surface area contributed by atoms with E-state index in [0.29, 0.717) is 0 Å². The van der Waals surface area contributed by atoms with Crippen LogP contribution in [0.15, 0.2) is 58.0 Å². The molecule has 0 unspecified atom stereocenters. The second kappa shape index (κ2) is 6.36. The SMILES string of the molecule is O=c1c(-c2cnn(-c3cccc(F)c3)c2)c(C(F)(F)F)oc2c(O)c(O)ccc12. The summed E-state index contributed by atoms with van der Waals surface area (Å²) in [6, 6.07) is 7.18. The third kappa shape index (κ3) is 3.08. The molecule has 0 amide bonds. The van der Waals surface area contributed by atoms with Crippen molar-refractivity contribution in [2.24, 2.45) is 0 Å². The van der Waals surface area contributed by atoms with Crippen molar-refractivity contribution in [1.82, 2.24) is 9.78 Å². The molecular weight excluding hydrogens is 396 g/mol. The van der Waals surface area contributed by atoms with Gasteiger partial charge >= 0.3 is 6.18 Å². The maximum absolute atomic E-state index is 13.6. The van der Waals surface area contributed by atoms with Gasteiger partial charge in [-0.3, -0.25) is 4.79 Å². The number of hydrogen-bond acceptors (Lipinski definition) is 5. The fraction of sp³-hybridized carbons (Fsp3) is 0.0526. The maximum atomic E-state index is 13.6. The first-order chi connectivity index (χ1) is 13.7. The molecule has 0 aliphatic rings. The van der Waals surface area contributed by atoms with Crippen LogP contribution in [0.4, 0.5) is 17.6 Å². The molecule has 6 nitrogen and oxygen atoms in total. The average Bonchev–Trinajstić information content (AvgIpc) is 3.13. The van der Waals surface area contributed by atoms with Crippen molar-refractivity contribution in [2.75, 3.05) is 0 Å². The van der Waals surface area contributed by atoms with E-state index in [-0.39, 0.29) is 16.6 Å². The average molecular weight is 406 g/mol. The quantitative estimate of drug-likeness (QED) is 0.385. The van der Waals surface area contributed by atoms with Crippen LogP contribution in [-0.4, -0.2) is 20.0 Å². The van der Waals surface area contributed by atoms with Crippen LogP contribution in [0.1, 0.15) is 5.76 Å². The monoisotopic (exact) mass is 406 g/mol. The van der Waals surface area contributed by atoms with Gasteiger partial charge in [-0.1, -0.05) is 6.07 Å². The topological polar surface area (TPSA) is 88.5 Å². The highest BCUT2D eigenvalue weighted by atomic mass is 19.4. The molecule has 0 bridgehead atoms. The number of halogens is 4. The summed E-state index contributed by atoms with van der Waals surface area (Å²) in [6.07, 6.45) is -2.94. The molecule has 0 radical (unpaired) electrons. The van der Waals surface area contributed by atoms with Crippen LogP contribution in [0.2, 0.25) is 0 Å². The van der Waals surface area contributed by atoms with Crippen LogP contribution in [-0.2, 0) is 6.18 Å². The van der Waals surface area contributed by atoms with Crippen molar-refractivity contribution in [3.05, 3.63) is 70.6 Å². The molecule has 2 aromatic carbocycles. The van der Waals surface area contributed by atoms with Crippen LogP contribution >= 0.6 is 0 Å². The van der Waals surface area contributed by atoms with Gasteiger partial charge in [0.15, 0.2) is 11.3 Å². The number of hydrogen-bond donors (Lipinski definition) is 2. The van der Waals surface area contributed by atoms with Crippen molar-refractivity contribution in [1.29, 1.82) is 0 Å². The highest BCUT2D eigenvalue weighted by molar-refractivity contribution is 5.88. The number of rotatable bonds is 2. The zero-order chi connectivity index (χ0) is 20.9. The third-order valence-corrected chi connectivity index (χ3v) is 4.21. The lowest BCUT2D eigenvalue weighted by Crippen LogP contribution is -2.15. The molecule has 0 aliphatic carbocycles. The second-order valence-corrected chi connectivity index (χ2v) is 6.10. The van der Waals surface area contributed by atoms with Gasteiger partial charge in [0.05, 0.1) is 22.8 Å². The van der Waals surface area contributed by atoms with E-state index in [1.807, 2.05) is 0 Å². The predicted octanol–water partition coefficient (Wildman–Crippen LogP) is 4.21. The van der Waals surface area contributed by atoms with Crippen LogP contribution in [0.3, 0.4) is 0 Å². The summed E-state index contributed by atoms with van der Waals surface area (Å²) in [5.74, 6) is -3.95.